The van der Waals surface area contributed by atoms with Gasteiger partial charge in [0, 0.05) is 11.8 Å². The summed E-state index contributed by atoms with van der Waals surface area (Å²) in [5.74, 6) is 0.852. The number of unbranched alkanes of at least 4 members (excludes halogenated alkanes) is 11. The minimum atomic E-state index is 0.184. The molecular formula is C74H84. The molecule has 0 saturated heterocycles. The van der Waals surface area contributed by atoms with Crippen LogP contribution in [0.25, 0.3) is 28.3 Å². The topological polar surface area (TPSA) is 0 Å². The fourth-order valence-corrected chi connectivity index (χ4v) is 11.4. The lowest BCUT2D eigenvalue weighted by atomic mass is 9.81. The second-order valence-corrected chi connectivity index (χ2v) is 21.2. The number of hydrogen-bond donors (Lipinski definition) is 0. The van der Waals surface area contributed by atoms with Crippen molar-refractivity contribution in [2.24, 2.45) is 5.92 Å². The van der Waals surface area contributed by atoms with Crippen molar-refractivity contribution in [3.63, 3.8) is 0 Å². The van der Waals surface area contributed by atoms with Crippen LogP contribution in [0.3, 0.4) is 0 Å². The molecule has 3 atom stereocenters. The van der Waals surface area contributed by atoms with Crippen molar-refractivity contribution >= 4 is 6.08 Å². The van der Waals surface area contributed by atoms with Gasteiger partial charge in [-0.1, -0.05) is 309 Å². The van der Waals surface area contributed by atoms with Crippen LogP contribution in [0.1, 0.15) is 175 Å². The molecule has 8 rings (SSSR count). The molecule has 0 bridgehead atoms. The van der Waals surface area contributed by atoms with E-state index in [1.807, 2.05) is 6.08 Å². The molecule has 2 aliphatic carbocycles. The highest BCUT2D eigenvalue weighted by molar-refractivity contribution is 5.66. The fraction of sp³-hybridized carbons (Fsp3) is 0.324. The van der Waals surface area contributed by atoms with Gasteiger partial charge in [-0.25, -0.2) is 0 Å². The van der Waals surface area contributed by atoms with Crippen molar-refractivity contribution in [3.8, 4) is 22.3 Å². The summed E-state index contributed by atoms with van der Waals surface area (Å²) in [7, 11) is 0. The third-order valence-electron chi connectivity index (χ3n) is 15.8. The Balaban J connectivity index is 1.09. The summed E-state index contributed by atoms with van der Waals surface area (Å²) in [6.45, 7) is 10.9. The zero-order valence-electron chi connectivity index (χ0n) is 45.3. The van der Waals surface area contributed by atoms with Crippen molar-refractivity contribution < 1.29 is 0 Å². The first-order chi connectivity index (χ1) is 36.5. The van der Waals surface area contributed by atoms with Gasteiger partial charge < -0.3 is 0 Å². The first-order valence-electron chi connectivity index (χ1n) is 28.8. The normalized spacial score (nSPS) is 15.8. The van der Waals surface area contributed by atoms with Crippen LogP contribution >= 0.6 is 0 Å². The summed E-state index contributed by atoms with van der Waals surface area (Å²) in [5.41, 5.74) is 20.5. The number of allylic oxidation sites excluding steroid dienone is 12. The molecule has 2 aliphatic rings. The van der Waals surface area contributed by atoms with Crippen molar-refractivity contribution in [2.45, 2.75) is 148 Å². The zero-order chi connectivity index (χ0) is 51.2. The highest BCUT2D eigenvalue weighted by Gasteiger charge is 2.27. The van der Waals surface area contributed by atoms with E-state index >= 15 is 0 Å². The van der Waals surface area contributed by atoms with Gasteiger partial charge >= 0.3 is 0 Å². The third-order valence-corrected chi connectivity index (χ3v) is 15.8. The predicted octanol–water partition coefficient (Wildman–Crippen LogP) is 21.7. The standard InChI is InChI=1S/C74H84/c1-5-9-11-13-14-15-16-18-26-32-72(69-53-54-71(56-69)74(66-42-35-58(8-4)36-43-66)68-51-47-63(48-52-68)61-29-24-20-25-30-61)64(31-21-17-12-10-6-2)39-37-59-38-44-70(55-59)73(65-40-33-57(7-3)34-41-65)67-49-45-62(46-50-67)60-27-22-19-23-28-60/h7,19-20,22-30,32-37,39-54,59,73-74H,3,5-6,8-18,21,31,38,55-56H2,1-2,4H3/b32-26+,39-37+,72-64+. The van der Waals surface area contributed by atoms with Gasteiger partial charge in [-0.3, -0.25) is 0 Å². The molecule has 0 fully saturated rings. The highest BCUT2D eigenvalue weighted by atomic mass is 14.3. The second kappa shape index (κ2) is 28.8. The monoisotopic (exact) mass is 973 g/mol. The molecule has 0 nitrogen and oxygen atoms in total. The Morgan fingerprint density at radius 2 is 1.01 bits per heavy atom. The quantitative estimate of drug-likeness (QED) is 0.0261. The van der Waals surface area contributed by atoms with E-state index in [4.69, 9.17) is 0 Å². The molecule has 0 spiro atoms. The van der Waals surface area contributed by atoms with Crippen LogP contribution in [0, 0.1) is 5.92 Å². The zero-order valence-corrected chi connectivity index (χ0v) is 45.3. The van der Waals surface area contributed by atoms with Crippen molar-refractivity contribution in [2.75, 3.05) is 0 Å². The number of benzene rings is 6. The molecule has 0 amide bonds. The number of aryl methyl sites for hydroxylation is 1. The molecule has 0 heterocycles. The van der Waals surface area contributed by atoms with Crippen LogP contribution in [0.5, 0.6) is 0 Å². The smallest absolute Gasteiger partial charge is 0.0305 e. The van der Waals surface area contributed by atoms with E-state index in [0.29, 0.717) is 5.92 Å². The van der Waals surface area contributed by atoms with E-state index in [-0.39, 0.29) is 11.8 Å². The predicted molar refractivity (Wildman–Crippen MR) is 323 cm³/mol. The molecule has 0 heteroatoms. The summed E-state index contributed by atoms with van der Waals surface area (Å²) < 4.78 is 0. The first-order valence-corrected chi connectivity index (χ1v) is 28.8. The average Bonchev–Trinajstić information content (AvgIpc) is 4.14. The van der Waals surface area contributed by atoms with E-state index in [1.165, 1.54) is 155 Å². The summed E-state index contributed by atoms with van der Waals surface area (Å²) in [4.78, 5) is 0. The SMILES string of the molecule is C=Cc1ccc(C(C2=CCC(/C=C/C(CCCCCCC)=C(\C=C\CCCCCCCCC)C3=CC=C(C(c4ccc(CC)cc4)c4ccc(-c5ccccc5)cc4)C3)C2)c2ccc(-c3ccccc3)cc2)cc1. The molecule has 6 aromatic rings. The van der Waals surface area contributed by atoms with Gasteiger partial charge in [0.1, 0.15) is 0 Å². The largest absolute Gasteiger partial charge is 0.0985 e. The van der Waals surface area contributed by atoms with Gasteiger partial charge in [0.05, 0.1) is 0 Å². The average molecular weight is 973 g/mol. The Bertz CT molecular complexity index is 2820. The van der Waals surface area contributed by atoms with Gasteiger partial charge in [-0.15, -0.1) is 0 Å². The fourth-order valence-electron chi connectivity index (χ4n) is 11.4. The van der Waals surface area contributed by atoms with Crippen LogP contribution < -0.4 is 0 Å². The number of hydrogen-bond acceptors (Lipinski definition) is 0. The maximum absolute atomic E-state index is 4.05. The minimum Gasteiger partial charge on any atom is -0.0985 e. The van der Waals surface area contributed by atoms with E-state index in [2.05, 4.69) is 228 Å². The Morgan fingerprint density at radius 1 is 0.514 bits per heavy atom. The Hall–Kier alpha value is -6.50. The molecule has 74 heavy (non-hydrogen) atoms. The lowest BCUT2D eigenvalue weighted by Gasteiger charge is -2.22. The van der Waals surface area contributed by atoms with Gasteiger partial charge in [0.25, 0.3) is 0 Å². The Morgan fingerprint density at radius 3 is 1.57 bits per heavy atom. The maximum atomic E-state index is 4.05. The van der Waals surface area contributed by atoms with Crippen LogP contribution in [-0.4, -0.2) is 0 Å². The van der Waals surface area contributed by atoms with E-state index in [1.54, 1.807) is 0 Å². The summed E-state index contributed by atoms with van der Waals surface area (Å²) in [6.07, 6.45) is 41.8. The van der Waals surface area contributed by atoms with Gasteiger partial charge in [0.2, 0.25) is 0 Å². The maximum Gasteiger partial charge on any atom is 0.0305 e. The lowest BCUT2D eigenvalue weighted by Crippen LogP contribution is -2.06. The molecule has 0 N–H and O–H groups in total. The third kappa shape index (κ3) is 15.1. The first kappa shape index (κ1) is 53.8. The molecule has 3 unspecified atom stereocenters. The summed E-state index contributed by atoms with van der Waals surface area (Å²) in [5, 5.41) is 0. The summed E-state index contributed by atoms with van der Waals surface area (Å²) in [6, 6.07) is 58.9. The molecule has 380 valence electrons. The van der Waals surface area contributed by atoms with Crippen LogP contribution in [0.15, 0.2) is 235 Å². The van der Waals surface area contributed by atoms with Gasteiger partial charge in [-0.2, -0.15) is 0 Å². The van der Waals surface area contributed by atoms with Crippen LogP contribution in [-0.2, 0) is 6.42 Å². The molecule has 0 saturated carbocycles. The molecular weight excluding hydrogens is 889 g/mol. The van der Waals surface area contributed by atoms with Crippen molar-refractivity contribution in [3.05, 3.63) is 268 Å². The van der Waals surface area contributed by atoms with Crippen LogP contribution in [0.2, 0.25) is 0 Å². The highest BCUT2D eigenvalue weighted by Crippen LogP contribution is 2.44. The van der Waals surface area contributed by atoms with Crippen molar-refractivity contribution in [1.82, 2.24) is 0 Å². The number of rotatable bonds is 28. The second-order valence-electron chi connectivity index (χ2n) is 21.2. The van der Waals surface area contributed by atoms with E-state index < -0.39 is 0 Å². The van der Waals surface area contributed by atoms with Crippen LogP contribution in [0.4, 0.5) is 0 Å². The molecule has 0 aromatic heterocycles. The summed E-state index contributed by atoms with van der Waals surface area (Å²) >= 11 is 0. The Labute approximate surface area is 448 Å². The van der Waals surface area contributed by atoms with Gasteiger partial charge in [-0.05, 0) is 130 Å². The molecule has 6 aromatic carbocycles. The molecule has 0 radical (unpaired) electrons. The minimum absolute atomic E-state index is 0.184. The van der Waals surface area contributed by atoms with Gasteiger partial charge in [0.15, 0.2) is 0 Å². The Kier molecular flexibility index (Phi) is 20.9. The molecule has 0 aliphatic heterocycles. The van der Waals surface area contributed by atoms with E-state index in [9.17, 15) is 0 Å². The van der Waals surface area contributed by atoms with Crippen molar-refractivity contribution in [1.29, 1.82) is 0 Å². The van der Waals surface area contributed by atoms with E-state index in [0.717, 1.165) is 44.1 Å². The lowest BCUT2D eigenvalue weighted by molar-refractivity contribution is 0.592.